The molecule has 13 heteroatoms. The van der Waals surface area contributed by atoms with Gasteiger partial charge in [0, 0.05) is 22.9 Å². The van der Waals surface area contributed by atoms with E-state index in [4.69, 9.17) is 0 Å². The highest BCUT2D eigenvalue weighted by molar-refractivity contribution is 5.85. The van der Waals surface area contributed by atoms with E-state index in [1.54, 1.807) is 43.0 Å². The van der Waals surface area contributed by atoms with Gasteiger partial charge in [0.25, 0.3) is 0 Å². The molecular weight excluding hydrogens is 608 g/mol. The van der Waals surface area contributed by atoms with Crippen molar-refractivity contribution >= 4 is 32.8 Å². The van der Waals surface area contributed by atoms with E-state index in [1.807, 2.05) is 74.5 Å². The van der Waals surface area contributed by atoms with Crippen LogP contribution in [0.3, 0.4) is 0 Å². The number of hydrogen-bond donors (Lipinski definition) is 2. The predicted octanol–water partition coefficient (Wildman–Crippen LogP) is 3.48. The molecule has 0 amide bonds. The first-order valence-corrected chi connectivity index (χ1v) is 15.5. The second kappa shape index (κ2) is 11.5. The van der Waals surface area contributed by atoms with Crippen molar-refractivity contribution < 1.29 is 0 Å². The minimum absolute atomic E-state index is 0.176. The maximum atomic E-state index is 13.9. The quantitative estimate of drug-likeness (QED) is 0.258. The van der Waals surface area contributed by atoms with E-state index in [2.05, 4.69) is 30.6 Å². The summed E-state index contributed by atoms with van der Waals surface area (Å²) in [5, 5.41) is 19.2. The molecule has 238 valence electrons. The van der Waals surface area contributed by atoms with E-state index in [9.17, 15) is 14.4 Å². The number of nitrogens with one attached hydrogen (secondary N) is 2. The summed E-state index contributed by atoms with van der Waals surface area (Å²) in [6.07, 6.45) is 3.60. The molecule has 8 rings (SSSR count). The van der Waals surface area contributed by atoms with Crippen LogP contribution in [0.25, 0.3) is 32.8 Å². The molecule has 0 saturated carbocycles. The van der Waals surface area contributed by atoms with Crippen LogP contribution < -0.4 is 16.8 Å². The number of H-pyrrole nitrogens is 2. The number of benzene rings is 3. The molecule has 3 aromatic carbocycles. The Balaban J connectivity index is 1.06. The van der Waals surface area contributed by atoms with Gasteiger partial charge in [-0.25, -0.2) is 14.2 Å². The summed E-state index contributed by atoms with van der Waals surface area (Å²) in [4.78, 5) is 44.5. The molecule has 0 aliphatic heterocycles. The first-order chi connectivity index (χ1) is 23.3. The molecule has 5 heterocycles. The van der Waals surface area contributed by atoms with Crippen molar-refractivity contribution in [3.63, 3.8) is 0 Å². The van der Waals surface area contributed by atoms with Gasteiger partial charge in [0.2, 0.25) is 11.1 Å². The summed E-state index contributed by atoms with van der Waals surface area (Å²) in [5.74, 6) is 0. The summed E-state index contributed by atoms with van der Waals surface area (Å²) in [5.41, 5.74) is 7.41. The standard InChI is InChI=1S/C35H30N10O3/c1-21-7-5-9-27-23(13-31(46)36-33(21)27)15-42-17-25(38-40-42)19-44-29-11-3-4-12-30(29)45(35(44)48)20-26-18-43(41-39-26)16-24-14-32(47)37-34-22(2)8-6-10-28(24)34/h3-14,17-18H,15-16,19-20H2,1-2H3,(H,36,46)(H,37,47). The molecule has 0 unspecified atom stereocenters. The molecule has 0 spiro atoms. The van der Waals surface area contributed by atoms with Crippen LogP contribution in [0, 0.1) is 13.8 Å². The Kier molecular flexibility index (Phi) is 6.94. The first kappa shape index (κ1) is 29.1. The van der Waals surface area contributed by atoms with Gasteiger partial charge < -0.3 is 9.97 Å². The van der Waals surface area contributed by atoms with E-state index >= 15 is 0 Å². The van der Waals surface area contributed by atoms with Crippen molar-refractivity contribution in [2.24, 2.45) is 0 Å². The van der Waals surface area contributed by atoms with Gasteiger partial charge >= 0.3 is 5.69 Å². The first-order valence-electron chi connectivity index (χ1n) is 15.5. The number of rotatable bonds is 8. The van der Waals surface area contributed by atoms with Crippen molar-refractivity contribution in [2.75, 3.05) is 0 Å². The number of aromatic nitrogens is 10. The summed E-state index contributed by atoms with van der Waals surface area (Å²) < 4.78 is 6.70. The number of pyridine rings is 2. The van der Waals surface area contributed by atoms with Crippen LogP contribution in [0.4, 0.5) is 0 Å². The average molecular weight is 639 g/mol. The van der Waals surface area contributed by atoms with E-state index in [-0.39, 0.29) is 29.9 Å². The van der Waals surface area contributed by atoms with Crippen molar-refractivity contribution in [3.05, 3.63) is 150 Å². The molecule has 0 aliphatic carbocycles. The lowest BCUT2D eigenvalue weighted by molar-refractivity contribution is 0.648. The molecule has 0 atom stereocenters. The molecule has 8 aromatic rings. The van der Waals surface area contributed by atoms with Crippen LogP contribution >= 0.6 is 0 Å². The van der Waals surface area contributed by atoms with Crippen molar-refractivity contribution in [1.29, 1.82) is 0 Å². The molecule has 0 saturated heterocycles. The number of para-hydroxylation sites is 4. The highest BCUT2D eigenvalue weighted by atomic mass is 16.2. The third-order valence-corrected chi connectivity index (χ3v) is 8.75. The molecule has 0 radical (unpaired) electrons. The maximum Gasteiger partial charge on any atom is 0.329 e. The second-order valence-corrected chi connectivity index (χ2v) is 12.1. The Morgan fingerprint density at radius 2 is 1.04 bits per heavy atom. The zero-order valence-electron chi connectivity index (χ0n) is 26.2. The van der Waals surface area contributed by atoms with Crippen LogP contribution in [0.2, 0.25) is 0 Å². The highest BCUT2D eigenvalue weighted by Crippen LogP contribution is 2.21. The molecule has 13 nitrogen and oxygen atoms in total. The predicted molar refractivity (Wildman–Crippen MR) is 181 cm³/mol. The minimum Gasteiger partial charge on any atom is -0.322 e. The third kappa shape index (κ3) is 5.20. The topological polar surface area (TPSA) is 154 Å². The maximum absolute atomic E-state index is 13.9. The van der Waals surface area contributed by atoms with Crippen molar-refractivity contribution in [1.82, 2.24) is 49.1 Å². The molecule has 0 bridgehead atoms. The van der Waals surface area contributed by atoms with Crippen LogP contribution in [-0.4, -0.2) is 49.1 Å². The molecular formula is C35H30N10O3. The SMILES string of the molecule is Cc1cccc2c(Cn3cc(Cn4c(=O)n(Cc5cn(Cc6cc(=O)[nH]c7c(C)cccc67)nn5)c5ccccc54)nn3)cc(=O)[nH]c12. The number of aryl methyl sites for hydroxylation is 2. The Bertz CT molecular complexity index is 2510. The van der Waals surface area contributed by atoms with Gasteiger partial charge in [-0.1, -0.05) is 59.0 Å². The summed E-state index contributed by atoms with van der Waals surface area (Å²) in [6, 6.07) is 22.6. The molecule has 2 N–H and O–H groups in total. The van der Waals surface area contributed by atoms with Gasteiger partial charge in [-0.15, -0.1) is 10.2 Å². The number of aromatic amines is 2. The Morgan fingerprint density at radius 1 is 0.583 bits per heavy atom. The monoisotopic (exact) mass is 638 g/mol. The number of nitrogens with zero attached hydrogens (tertiary/aromatic N) is 8. The average Bonchev–Trinajstić information content (AvgIpc) is 3.78. The fourth-order valence-corrected chi connectivity index (χ4v) is 6.48. The molecule has 5 aromatic heterocycles. The molecule has 0 aliphatic rings. The van der Waals surface area contributed by atoms with Gasteiger partial charge in [-0.05, 0) is 48.2 Å². The van der Waals surface area contributed by atoms with Crippen LogP contribution in [0.1, 0.15) is 33.6 Å². The van der Waals surface area contributed by atoms with Gasteiger partial charge in [0.1, 0.15) is 11.4 Å². The zero-order chi connectivity index (χ0) is 32.9. The van der Waals surface area contributed by atoms with Crippen molar-refractivity contribution in [3.8, 4) is 0 Å². The van der Waals surface area contributed by atoms with E-state index in [0.717, 1.165) is 55.1 Å². The third-order valence-electron chi connectivity index (χ3n) is 8.75. The van der Waals surface area contributed by atoms with Crippen molar-refractivity contribution in [2.45, 2.75) is 40.0 Å². The number of imidazole rings is 1. The fraction of sp³-hybridized carbons (Fsp3) is 0.171. The van der Waals surface area contributed by atoms with Gasteiger partial charge in [-0.2, -0.15) is 0 Å². The van der Waals surface area contributed by atoms with Gasteiger partial charge in [0.05, 0.1) is 60.6 Å². The van der Waals surface area contributed by atoms with Crippen LogP contribution in [0.5, 0.6) is 0 Å². The van der Waals surface area contributed by atoms with Crippen LogP contribution in [0.15, 0.2) is 99.6 Å². The lowest BCUT2D eigenvalue weighted by atomic mass is 10.1. The number of hydrogen-bond acceptors (Lipinski definition) is 7. The Labute approximate surface area is 271 Å². The summed E-state index contributed by atoms with van der Waals surface area (Å²) >= 11 is 0. The summed E-state index contributed by atoms with van der Waals surface area (Å²) in [7, 11) is 0. The van der Waals surface area contributed by atoms with E-state index in [1.165, 1.54) is 0 Å². The zero-order valence-corrected chi connectivity index (χ0v) is 26.2. The highest BCUT2D eigenvalue weighted by Gasteiger charge is 2.17. The largest absolute Gasteiger partial charge is 0.329 e. The Hall–Kier alpha value is -6.37. The molecule has 0 fully saturated rings. The lowest BCUT2D eigenvalue weighted by Crippen LogP contribution is -2.25. The second-order valence-electron chi connectivity index (χ2n) is 12.1. The van der Waals surface area contributed by atoms with E-state index in [0.29, 0.717) is 24.5 Å². The Morgan fingerprint density at radius 3 is 1.50 bits per heavy atom. The van der Waals surface area contributed by atoms with Gasteiger partial charge in [-0.3, -0.25) is 18.7 Å². The fourth-order valence-electron chi connectivity index (χ4n) is 6.48. The van der Waals surface area contributed by atoms with Crippen LogP contribution in [-0.2, 0) is 26.2 Å². The molecule has 48 heavy (non-hydrogen) atoms. The number of fused-ring (bicyclic) bond motifs is 3. The lowest BCUT2D eigenvalue weighted by Gasteiger charge is -2.08. The smallest absolute Gasteiger partial charge is 0.322 e. The summed E-state index contributed by atoms with van der Waals surface area (Å²) in [6.45, 7) is 5.06. The minimum atomic E-state index is -0.215. The van der Waals surface area contributed by atoms with Gasteiger partial charge in [0.15, 0.2) is 0 Å². The van der Waals surface area contributed by atoms with E-state index < -0.39 is 0 Å². The normalized spacial score (nSPS) is 11.7.